The van der Waals surface area contributed by atoms with Crippen LogP contribution < -0.4 is 4.90 Å². The molecule has 0 N–H and O–H groups in total. The molecule has 0 bridgehead atoms. The number of fused-ring (bicyclic) bond motifs is 7. The Kier molecular flexibility index (Phi) is 9.26. The SMILES string of the molecule is C/C=C1\C(=C/C)c2ccc(N(c3ccc(-c4ccccc4)cc3)c3ccc(-c4ccc5c6ccccc6c6ccccc6c5c4)cc3)cc2C1(C)C.CC. The maximum Gasteiger partial charge on any atom is 0.0465 e. The highest BCUT2D eigenvalue weighted by atomic mass is 15.1. The van der Waals surface area contributed by atoms with Gasteiger partial charge in [0.25, 0.3) is 0 Å². The Morgan fingerprint density at radius 3 is 1.39 bits per heavy atom. The van der Waals surface area contributed by atoms with Crippen molar-refractivity contribution in [1.29, 1.82) is 0 Å². The second-order valence-electron chi connectivity index (χ2n) is 14.4. The quantitative estimate of drug-likeness (QED) is 0.162. The Morgan fingerprint density at radius 1 is 0.407 bits per heavy atom. The van der Waals surface area contributed by atoms with E-state index in [9.17, 15) is 0 Å². The van der Waals surface area contributed by atoms with Gasteiger partial charge in [-0.2, -0.15) is 0 Å². The molecule has 1 nitrogen and oxygen atoms in total. The molecule has 0 saturated heterocycles. The first-order valence-corrected chi connectivity index (χ1v) is 19.3. The van der Waals surface area contributed by atoms with E-state index in [1.54, 1.807) is 0 Å². The summed E-state index contributed by atoms with van der Waals surface area (Å²) in [5, 5.41) is 7.78. The summed E-state index contributed by atoms with van der Waals surface area (Å²) < 4.78 is 0. The number of allylic oxidation sites excluding steroid dienone is 4. The molecular formula is C53H47N. The molecule has 0 spiro atoms. The maximum absolute atomic E-state index is 2.41. The van der Waals surface area contributed by atoms with Crippen LogP contribution in [0.4, 0.5) is 17.1 Å². The molecule has 264 valence electrons. The molecule has 0 aromatic heterocycles. The van der Waals surface area contributed by atoms with E-state index in [-0.39, 0.29) is 5.41 Å². The summed E-state index contributed by atoms with van der Waals surface area (Å²) in [6.45, 7) is 13.0. The smallest absolute Gasteiger partial charge is 0.0465 e. The highest BCUT2D eigenvalue weighted by Crippen LogP contribution is 2.51. The molecule has 8 aromatic carbocycles. The second-order valence-corrected chi connectivity index (χ2v) is 14.4. The predicted molar refractivity (Wildman–Crippen MR) is 236 cm³/mol. The summed E-state index contributed by atoms with van der Waals surface area (Å²) in [6, 6.07) is 60.2. The zero-order valence-electron chi connectivity index (χ0n) is 32.2. The number of rotatable bonds is 5. The van der Waals surface area contributed by atoms with Gasteiger partial charge in [-0.15, -0.1) is 0 Å². The molecule has 0 radical (unpaired) electrons. The molecule has 8 aromatic rings. The Balaban J connectivity index is 0.00000203. The van der Waals surface area contributed by atoms with Crippen molar-refractivity contribution in [1.82, 2.24) is 0 Å². The molecule has 0 aliphatic heterocycles. The molecule has 0 amide bonds. The fourth-order valence-corrected chi connectivity index (χ4v) is 8.65. The number of anilines is 3. The van der Waals surface area contributed by atoms with Crippen molar-refractivity contribution in [3.05, 3.63) is 193 Å². The van der Waals surface area contributed by atoms with Crippen molar-refractivity contribution in [2.24, 2.45) is 0 Å². The Morgan fingerprint density at radius 2 is 0.852 bits per heavy atom. The standard InChI is InChI=1S/C51H41N.C2H6/c1-5-41-47-31-29-40(33-50(47)51(3,4)49(41)6-2)52(38-25-20-35(21-26-38)34-14-8-7-9-15-34)39-27-22-36(23-28-39)37-24-30-46-44-18-11-10-16-42(44)43-17-12-13-19-45(43)48(46)32-37;1-2/h5-33H,1-4H3;1-2H3/b41-5-,49-6+;. The Bertz CT molecular complexity index is 2660. The molecule has 0 fully saturated rings. The molecule has 0 atom stereocenters. The van der Waals surface area contributed by atoms with Crippen LogP contribution in [0, 0.1) is 0 Å². The molecule has 1 heteroatoms. The van der Waals surface area contributed by atoms with Gasteiger partial charge in [0.1, 0.15) is 0 Å². The average Bonchev–Trinajstić information content (AvgIpc) is 3.46. The Hall–Kier alpha value is -6.18. The summed E-state index contributed by atoms with van der Waals surface area (Å²) in [4.78, 5) is 2.40. The normalized spacial score (nSPS) is 14.7. The van der Waals surface area contributed by atoms with Crippen LogP contribution in [-0.2, 0) is 5.41 Å². The van der Waals surface area contributed by atoms with Crippen LogP contribution in [0.25, 0.3) is 60.1 Å². The zero-order chi connectivity index (χ0) is 37.4. The van der Waals surface area contributed by atoms with Gasteiger partial charge >= 0.3 is 0 Å². The first-order valence-electron chi connectivity index (χ1n) is 19.3. The number of nitrogens with zero attached hydrogens (tertiary/aromatic N) is 1. The Labute approximate surface area is 320 Å². The highest BCUT2D eigenvalue weighted by Gasteiger charge is 2.37. The van der Waals surface area contributed by atoms with Crippen LogP contribution in [0.2, 0.25) is 0 Å². The van der Waals surface area contributed by atoms with Crippen molar-refractivity contribution in [2.45, 2.75) is 47.0 Å². The third-order valence-corrected chi connectivity index (χ3v) is 11.2. The van der Waals surface area contributed by atoms with Crippen molar-refractivity contribution in [3.8, 4) is 22.3 Å². The van der Waals surface area contributed by atoms with Crippen molar-refractivity contribution in [2.75, 3.05) is 4.90 Å². The van der Waals surface area contributed by atoms with Gasteiger partial charge in [0, 0.05) is 22.5 Å². The van der Waals surface area contributed by atoms with Gasteiger partial charge in [-0.1, -0.05) is 161 Å². The minimum Gasteiger partial charge on any atom is -0.310 e. The summed E-state index contributed by atoms with van der Waals surface area (Å²) >= 11 is 0. The summed E-state index contributed by atoms with van der Waals surface area (Å²) in [6.07, 6.45) is 4.55. The zero-order valence-corrected chi connectivity index (χ0v) is 32.2. The highest BCUT2D eigenvalue weighted by molar-refractivity contribution is 6.25. The van der Waals surface area contributed by atoms with Crippen LogP contribution in [0.3, 0.4) is 0 Å². The number of hydrogen-bond donors (Lipinski definition) is 0. The van der Waals surface area contributed by atoms with Crippen LogP contribution in [-0.4, -0.2) is 0 Å². The van der Waals surface area contributed by atoms with Gasteiger partial charge in [-0.05, 0) is 133 Å². The lowest BCUT2D eigenvalue weighted by Crippen LogP contribution is -2.16. The second kappa shape index (κ2) is 14.3. The lowest BCUT2D eigenvalue weighted by atomic mass is 9.82. The fraction of sp³-hybridized carbons (Fsp3) is 0.132. The van der Waals surface area contributed by atoms with E-state index < -0.39 is 0 Å². The van der Waals surface area contributed by atoms with Crippen molar-refractivity contribution in [3.63, 3.8) is 0 Å². The largest absolute Gasteiger partial charge is 0.310 e. The van der Waals surface area contributed by atoms with Gasteiger partial charge < -0.3 is 4.90 Å². The molecular weight excluding hydrogens is 651 g/mol. The minimum absolute atomic E-state index is 0.0831. The molecule has 0 saturated carbocycles. The lowest BCUT2D eigenvalue weighted by Gasteiger charge is -2.28. The molecule has 54 heavy (non-hydrogen) atoms. The summed E-state index contributed by atoms with van der Waals surface area (Å²) in [5.74, 6) is 0. The third-order valence-electron chi connectivity index (χ3n) is 11.2. The van der Waals surface area contributed by atoms with Gasteiger partial charge in [0.05, 0.1) is 0 Å². The molecule has 0 heterocycles. The topological polar surface area (TPSA) is 3.24 Å². The lowest BCUT2D eigenvalue weighted by molar-refractivity contribution is 0.659. The summed E-state index contributed by atoms with van der Waals surface area (Å²) in [5.41, 5.74) is 13.6. The van der Waals surface area contributed by atoms with Crippen LogP contribution in [0.15, 0.2) is 182 Å². The van der Waals surface area contributed by atoms with Crippen LogP contribution in [0.5, 0.6) is 0 Å². The third kappa shape index (κ3) is 5.81. The van der Waals surface area contributed by atoms with Crippen LogP contribution in [0.1, 0.15) is 52.7 Å². The van der Waals surface area contributed by atoms with Crippen molar-refractivity contribution < 1.29 is 0 Å². The molecule has 1 aliphatic rings. The van der Waals surface area contributed by atoms with E-state index in [4.69, 9.17) is 0 Å². The van der Waals surface area contributed by atoms with E-state index in [1.165, 1.54) is 76.8 Å². The monoisotopic (exact) mass is 697 g/mol. The minimum atomic E-state index is -0.0831. The average molecular weight is 698 g/mol. The maximum atomic E-state index is 2.41. The molecule has 1 aliphatic carbocycles. The fourth-order valence-electron chi connectivity index (χ4n) is 8.65. The molecule has 9 rings (SSSR count). The number of hydrogen-bond acceptors (Lipinski definition) is 1. The van der Waals surface area contributed by atoms with E-state index in [0.29, 0.717) is 0 Å². The first-order chi connectivity index (χ1) is 26.5. The van der Waals surface area contributed by atoms with Gasteiger partial charge in [0.2, 0.25) is 0 Å². The number of benzene rings is 8. The first kappa shape index (κ1) is 34.9. The predicted octanol–water partition coefficient (Wildman–Crippen LogP) is 15.6. The van der Waals surface area contributed by atoms with Gasteiger partial charge in [-0.3, -0.25) is 0 Å². The van der Waals surface area contributed by atoms with Gasteiger partial charge in [0.15, 0.2) is 0 Å². The van der Waals surface area contributed by atoms with Gasteiger partial charge in [-0.25, -0.2) is 0 Å². The molecule has 0 unspecified atom stereocenters. The summed E-state index contributed by atoms with van der Waals surface area (Å²) in [7, 11) is 0. The van der Waals surface area contributed by atoms with E-state index in [2.05, 4.69) is 209 Å². The van der Waals surface area contributed by atoms with E-state index >= 15 is 0 Å². The van der Waals surface area contributed by atoms with Crippen LogP contribution >= 0.6 is 0 Å². The van der Waals surface area contributed by atoms with E-state index in [0.717, 1.165) is 17.1 Å². The van der Waals surface area contributed by atoms with E-state index in [1.807, 2.05) is 13.8 Å². The van der Waals surface area contributed by atoms with Crippen molar-refractivity contribution >= 4 is 55.0 Å².